The molecule has 18 heavy (non-hydrogen) atoms. The summed E-state index contributed by atoms with van der Waals surface area (Å²) in [6.07, 6.45) is -4.41. The molecular formula is C10H15F3N2O3. The smallest absolute Gasteiger partial charge is 0.370 e. The molecule has 1 aliphatic rings. The molecule has 0 unspecified atom stereocenters. The van der Waals surface area contributed by atoms with Gasteiger partial charge in [0.15, 0.2) is 0 Å². The Kier molecular flexibility index (Phi) is 4.33. The van der Waals surface area contributed by atoms with Gasteiger partial charge in [-0.25, -0.2) is 0 Å². The van der Waals surface area contributed by atoms with Gasteiger partial charge in [-0.2, -0.15) is 13.2 Å². The van der Waals surface area contributed by atoms with E-state index in [4.69, 9.17) is 0 Å². The second kappa shape index (κ2) is 5.23. The van der Waals surface area contributed by atoms with Crippen molar-refractivity contribution in [1.82, 2.24) is 10.2 Å². The molecule has 2 amide bonds. The number of nitrogens with zero attached hydrogens (tertiary/aromatic N) is 1. The summed E-state index contributed by atoms with van der Waals surface area (Å²) < 4.78 is 39.8. The van der Waals surface area contributed by atoms with Gasteiger partial charge in [0, 0.05) is 0 Å². The monoisotopic (exact) mass is 268 g/mol. The molecule has 1 N–H and O–H groups in total. The number of hydrogen-bond acceptors (Lipinski definition) is 4. The first-order valence-corrected chi connectivity index (χ1v) is 5.38. The number of rotatable bonds is 4. The number of halogens is 3. The van der Waals surface area contributed by atoms with Gasteiger partial charge in [0.2, 0.25) is 11.8 Å². The van der Waals surface area contributed by atoms with Gasteiger partial charge in [-0.05, 0) is 13.8 Å². The Labute approximate surface area is 102 Å². The van der Waals surface area contributed by atoms with Crippen molar-refractivity contribution in [1.29, 1.82) is 0 Å². The standard InChI is InChI=1S/C10H15F3N2O3/c1-9(2)8(17)15(7(16)5-14-9)3-4-18-6-10(11,12)13/h14H,3-6H2,1-2H3. The van der Waals surface area contributed by atoms with E-state index in [9.17, 15) is 22.8 Å². The molecule has 1 saturated heterocycles. The molecule has 0 spiro atoms. The van der Waals surface area contributed by atoms with Gasteiger partial charge in [-0.1, -0.05) is 0 Å². The van der Waals surface area contributed by atoms with E-state index in [1.165, 1.54) is 0 Å². The highest BCUT2D eigenvalue weighted by Crippen LogP contribution is 2.15. The largest absolute Gasteiger partial charge is 0.411 e. The van der Waals surface area contributed by atoms with Gasteiger partial charge in [0.1, 0.15) is 6.61 Å². The van der Waals surface area contributed by atoms with Crippen LogP contribution in [0, 0.1) is 0 Å². The van der Waals surface area contributed by atoms with E-state index in [0.717, 1.165) is 4.90 Å². The third-order valence-electron chi connectivity index (χ3n) is 2.49. The third kappa shape index (κ3) is 3.95. The van der Waals surface area contributed by atoms with E-state index < -0.39 is 30.1 Å². The second-order valence-corrected chi connectivity index (χ2v) is 4.50. The first-order chi connectivity index (χ1) is 8.13. The molecule has 5 nitrogen and oxygen atoms in total. The number of ether oxygens (including phenoxy) is 1. The molecule has 1 fully saturated rings. The molecule has 0 aliphatic carbocycles. The molecular weight excluding hydrogens is 253 g/mol. The molecule has 1 rings (SSSR count). The Morgan fingerprint density at radius 3 is 2.56 bits per heavy atom. The summed E-state index contributed by atoms with van der Waals surface area (Å²) in [6.45, 7) is 1.31. The molecule has 0 aromatic carbocycles. The van der Waals surface area contributed by atoms with Crippen molar-refractivity contribution in [2.45, 2.75) is 25.6 Å². The Morgan fingerprint density at radius 1 is 1.39 bits per heavy atom. The number of alkyl halides is 3. The van der Waals surface area contributed by atoms with Crippen LogP contribution in [0.5, 0.6) is 0 Å². The summed E-state index contributed by atoms with van der Waals surface area (Å²) in [7, 11) is 0. The van der Waals surface area contributed by atoms with E-state index in [0.29, 0.717) is 0 Å². The van der Waals surface area contributed by atoms with Gasteiger partial charge in [0.25, 0.3) is 0 Å². The van der Waals surface area contributed by atoms with E-state index in [1.54, 1.807) is 13.8 Å². The van der Waals surface area contributed by atoms with Crippen LogP contribution in [0.25, 0.3) is 0 Å². The summed E-state index contributed by atoms with van der Waals surface area (Å²) in [5, 5.41) is 2.74. The number of hydrogen-bond donors (Lipinski definition) is 1. The first kappa shape index (κ1) is 14.9. The van der Waals surface area contributed by atoms with Crippen molar-refractivity contribution in [2.75, 3.05) is 26.3 Å². The summed E-state index contributed by atoms with van der Waals surface area (Å²) in [5.41, 5.74) is -0.891. The lowest BCUT2D eigenvalue weighted by atomic mass is 10.0. The first-order valence-electron chi connectivity index (χ1n) is 5.38. The lowest BCUT2D eigenvalue weighted by Crippen LogP contribution is -2.64. The fourth-order valence-corrected chi connectivity index (χ4v) is 1.49. The van der Waals surface area contributed by atoms with Crippen LogP contribution in [0.15, 0.2) is 0 Å². The number of carbonyl (C=O) groups excluding carboxylic acids is 2. The minimum atomic E-state index is -4.41. The molecule has 1 heterocycles. The van der Waals surface area contributed by atoms with Crippen molar-refractivity contribution in [3.63, 3.8) is 0 Å². The van der Waals surface area contributed by atoms with Crippen molar-refractivity contribution < 1.29 is 27.5 Å². The number of nitrogens with one attached hydrogen (secondary N) is 1. The predicted molar refractivity (Wildman–Crippen MR) is 55.7 cm³/mol. The topological polar surface area (TPSA) is 58.6 Å². The minimum Gasteiger partial charge on any atom is -0.370 e. The van der Waals surface area contributed by atoms with Crippen LogP contribution in [-0.2, 0) is 14.3 Å². The number of imide groups is 1. The van der Waals surface area contributed by atoms with Crippen LogP contribution in [0.3, 0.4) is 0 Å². The van der Waals surface area contributed by atoms with Crippen LogP contribution in [-0.4, -0.2) is 54.7 Å². The van der Waals surface area contributed by atoms with Crippen LogP contribution in [0.1, 0.15) is 13.8 Å². The Bertz CT molecular complexity index is 342. The van der Waals surface area contributed by atoms with Gasteiger partial charge in [-0.3, -0.25) is 19.8 Å². The highest BCUT2D eigenvalue weighted by molar-refractivity contribution is 6.03. The third-order valence-corrected chi connectivity index (χ3v) is 2.49. The average Bonchev–Trinajstić information content (AvgIpc) is 2.22. The zero-order valence-electron chi connectivity index (χ0n) is 10.1. The molecule has 1 aliphatic heterocycles. The Morgan fingerprint density at radius 2 is 2.00 bits per heavy atom. The SMILES string of the molecule is CC1(C)NCC(=O)N(CCOCC(F)(F)F)C1=O. The second-order valence-electron chi connectivity index (χ2n) is 4.50. The molecule has 0 aromatic heterocycles. The normalized spacial score (nSPS) is 20.4. The zero-order chi connectivity index (χ0) is 14.0. The lowest BCUT2D eigenvalue weighted by molar-refractivity contribution is -0.175. The van der Waals surface area contributed by atoms with Gasteiger partial charge < -0.3 is 4.74 Å². The summed E-state index contributed by atoms with van der Waals surface area (Å²) in [5.74, 6) is -0.927. The van der Waals surface area contributed by atoms with Crippen molar-refractivity contribution in [2.24, 2.45) is 0 Å². The molecule has 0 bridgehead atoms. The summed E-state index contributed by atoms with van der Waals surface area (Å²) >= 11 is 0. The van der Waals surface area contributed by atoms with Gasteiger partial charge >= 0.3 is 6.18 Å². The highest BCUT2D eigenvalue weighted by atomic mass is 19.4. The highest BCUT2D eigenvalue weighted by Gasteiger charge is 2.39. The molecule has 0 saturated carbocycles. The van der Waals surface area contributed by atoms with Crippen molar-refractivity contribution in [3.8, 4) is 0 Å². The molecule has 0 radical (unpaired) electrons. The number of piperazine rings is 1. The number of amides is 2. The van der Waals surface area contributed by atoms with E-state index >= 15 is 0 Å². The maximum atomic E-state index is 11.8. The molecule has 0 atom stereocenters. The number of carbonyl (C=O) groups is 2. The van der Waals surface area contributed by atoms with Crippen LogP contribution in [0.2, 0.25) is 0 Å². The molecule has 104 valence electrons. The maximum Gasteiger partial charge on any atom is 0.411 e. The maximum absolute atomic E-state index is 11.8. The fourth-order valence-electron chi connectivity index (χ4n) is 1.49. The Hall–Kier alpha value is -1.15. The van der Waals surface area contributed by atoms with E-state index in [2.05, 4.69) is 10.1 Å². The van der Waals surface area contributed by atoms with Crippen molar-refractivity contribution in [3.05, 3.63) is 0 Å². The summed E-state index contributed by atoms with van der Waals surface area (Å²) in [6, 6.07) is 0. The van der Waals surface area contributed by atoms with Crippen LogP contribution in [0.4, 0.5) is 13.2 Å². The van der Waals surface area contributed by atoms with E-state index in [-0.39, 0.29) is 19.7 Å². The van der Waals surface area contributed by atoms with Gasteiger partial charge in [-0.15, -0.1) is 0 Å². The summed E-state index contributed by atoms with van der Waals surface area (Å²) in [4.78, 5) is 24.2. The predicted octanol–water partition coefficient (Wildman–Crippen LogP) is 0.302. The van der Waals surface area contributed by atoms with Crippen LogP contribution < -0.4 is 5.32 Å². The average molecular weight is 268 g/mol. The minimum absolute atomic E-state index is 0.0159. The van der Waals surface area contributed by atoms with Crippen molar-refractivity contribution >= 4 is 11.8 Å². The lowest BCUT2D eigenvalue weighted by Gasteiger charge is -2.36. The zero-order valence-corrected chi connectivity index (χ0v) is 10.1. The molecule has 0 aromatic rings. The van der Waals surface area contributed by atoms with Crippen LogP contribution >= 0.6 is 0 Å². The fraction of sp³-hybridized carbons (Fsp3) is 0.800. The molecule has 8 heteroatoms. The Balaban J connectivity index is 2.45. The quantitative estimate of drug-likeness (QED) is 0.588. The van der Waals surface area contributed by atoms with E-state index in [1.807, 2.05) is 0 Å². The van der Waals surface area contributed by atoms with Gasteiger partial charge in [0.05, 0.1) is 25.2 Å².